The molecule has 0 spiro atoms. The molecule has 0 aliphatic carbocycles. The van der Waals surface area contributed by atoms with E-state index in [0.29, 0.717) is 11.1 Å². The van der Waals surface area contributed by atoms with Crippen molar-refractivity contribution in [2.75, 3.05) is 10.6 Å². The second kappa shape index (κ2) is 9.35. The minimum atomic E-state index is -0.855. The predicted molar refractivity (Wildman–Crippen MR) is 112 cm³/mol. The molecule has 0 fully saturated rings. The van der Waals surface area contributed by atoms with E-state index in [-0.39, 0.29) is 11.6 Å². The Morgan fingerprint density at radius 2 is 1.04 bits per heavy atom. The number of alkyl halides is 2. The van der Waals surface area contributed by atoms with E-state index in [4.69, 9.17) is 23.2 Å². The van der Waals surface area contributed by atoms with E-state index in [2.05, 4.69) is 15.6 Å². The van der Waals surface area contributed by atoms with Crippen LogP contribution in [0.25, 0.3) is 0 Å². The van der Waals surface area contributed by atoms with Gasteiger partial charge in [-0.05, 0) is 23.3 Å². The van der Waals surface area contributed by atoms with Crippen molar-refractivity contribution in [2.24, 2.45) is 0 Å². The maximum atomic E-state index is 12.3. The van der Waals surface area contributed by atoms with Crippen molar-refractivity contribution >= 4 is 46.7 Å². The summed E-state index contributed by atoms with van der Waals surface area (Å²) in [4.78, 5) is 28.9. The van der Waals surface area contributed by atoms with E-state index < -0.39 is 22.6 Å². The van der Waals surface area contributed by atoms with Crippen LogP contribution in [0.15, 0.2) is 78.9 Å². The number of nitrogens with zero attached hydrogens (tertiary/aromatic N) is 1. The zero-order chi connectivity index (χ0) is 19.9. The maximum absolute atomic E-state index is 12.3. The fourth-order valence-corrected chi connectivity index (χ4v) is 2.90. The first-order valence-corrected chi connectivity index (χ1v) is 9.38. The van der Waals surface area contributed by atoms with Crippen molar-refractivity contribution in [3.63, 3.8) is 0 Å². The molecule has 0 unspecified atom stereocenters. The van der Waals surface area contributed by atoms with Crippen LogP contribution in [0.1, 0.15) is 21.9 Å². The summed E-state index contributed by atoms with van der Waals surface area (Å²) in [7, 11) is 0. The molecule has 3 aromatic rings. The number of halogens is 2. The lowest BCUT2D eigenvalue weighted by molar-refractivity contribution is -0.116. The summed E-state index contributed by atoms with van der Waals surface area (Å²) < 4.78 is 0. The van der Waals surface area contributed by atoms with Crippen molar-refractivity contribution < 1.29 is 9.59 Å². The van der Waals surface area contributed by atoms with E-state index >= 15 is 0 Å². The molecule has 1 aromatic heterocycles. The van der Waals surface area contributed by atoms with E-state index in [9.17, 15) is 9.59 Å². The zero-order valence-electron chi connectivity index (χ0n) is 14.7. The Hall–Kier alpha value is -2.89. The molecular formula is C21H17Cl2N3O2. The lowest BCUT2D eigenvalue weighted by Gasteiger charge is -2.13. The minimum Gasteiger partial charge on any atom is -0.309 e. The van der Waals surface area contributed by atoms with Crippen LogP contribution in [0.2, 0.25) is 0 Å². The highest BCUT2D eigenvalue weighted by Crippen LogP contribution is 2.24. The van der Waals surface area contributed by atoms with Crippen LogP contribution in [-0.2, 0) is 9.59 Å². The molecule has 1 heterocycles. The topological polar surface area (TPSA) is 71.1 Å². The average molecular weight is 414 g/mol. The Balaban J connectivity index is 1.65. The molecule has 2 N–H and O–H groups in total. The summed E-state index contributed by atoms with van der Waals surface area (Å²) in [6.07, 6.45) is 0. The second-order valence-corrected chi connectivity index (χ2v) is 6.81. The molecule has 0 radical (unpaired) electrons. The van der Waals surface area contributed by atoms with E-state index in [0.717, 1.165) is 0 Å². The van der Waals surface area contributed by atoms with Gasteiger partial charge in [-0.15, -0.1) is 23.2 Å². The lowest BCUT2D eigenvalue weighted by Crippen LogP contribution is -2.20. The Labute approximate surface area is 172 Å². The highest BCUT2D eigenvalue weighted by molar-refractivity contribution is 6.33. The molecule has 0 aliphatic heterocycles. The molecule has 0 saturated heterocycles. The van der Waals surface area contributed by atoms with Gasteiger partial charge in [0.15, 0.2) is 0 Å². The number of nitrogens with one attached hydrogen (secondary N) is 2. The van der Waals surface area contributed by atoms with Crippen LogP contribution in [0.3, 0.4) is 0 Å². The van der Waals surface area contributed by atoms with Crippen molar-refractivity contribution in [3.8, 4) is 0 Å². The third kappa shape index (κ3) is 5.09. The number of anilines is 2. The predicted octanol–water partition coefficient (Wildman–Crippen LogP) is 4.92. The van der Waals surface area contributed by atoms with Gasteiger partial charge in [0.2, 0.25) is 11.8 Å². The third-order valence-corrected chi connectivity index (χ3v) is 4.80. The Kier molecular flexibility index (Phi) is 6.63. The molecule has 5 nitrogen and oxygen atoms in total. The molecule has 0 saturated carbocycles. The van der Waals surface area contributed by atoms with Gasteiger partial charge in [-0.25, -0.2) is 4.98 Å². The van der Waals surface area contributed by atoms with Crippen LogP contribution in [0.5, 0.6) is 0 Å². The van der Waals surface area contributed by atoms with E-state index in [1.807, 2.05) is 36.4 Å². The van der Waals surface area contributed by atoms with Crippen LogP contribution in [0, 0.1) is 0 Å². The Morgan fingerprint density at radius 3 is 1.43 bits per heavy atom. The summed E-state index contributed by atoms with van der Waals surface area (Å²) in [5, 5.41) is 3.59. The molecular weight excluding hydrogens is 397 g/mol. The molecule has 142 valence electrons. The van der Waals surface area contributed by atoms with Gasteiger partial charge in [-0.3, -0.25) is 9.59 Å². The number of hydrogen-bond donors (Lipinski definition) is 2. The van der Waals surface area contributed by atoms with E-state index in [1.54, 1.807) is 42.5 Å². The van der Waals surface area contributed by atoms with Gasteiger partial charge >= 0.3 is 0 Å². The Morgan fingerprint density at radius 1 is 0.643 bits per heavy atom. The molecule has 2 atom stereocenters. The summed E-state index contributed by atoms with van der Waals surface area (Å²) >= 11 is 12.4. The maximum Gasteiger partial charge on any atom is 0.248 e. The number of rotatable bonds is 6. The number of amides is 2. The van der Waals surface area contributed by atoms with Gasteiger partial charge in [0.25, 0.3) is 0 Å². The number of benzene rings is 2. The van der Waals surface area contributed by atoms with E-state index in [1.165, 1.54) is 0 Å². The first-order valence-electron chi connectivity index (χ1n) is 8.51. The first kappa shape index (κ1) is 19.9. The Bertz CT molecular complexity index is 877. The largest absolute Gasteiger partial charge is 0.309 e. The van der Waals surface area contributed by atoms with Gasteiger partial charge in [-0.2, -0.15) is 0 Å². The molecule has 7 heteroatoms. The molecule has 0 bridgehead atoms. The quantitative estimate of drug-likeness (QED) is 0.563. The van der Waals surface area contributed by atoms with Crippen molar-refractivity contribution in [3.05, 3.63) is 90.0 Å². The fourth-order valence-electron chi connectivity index (χ4n) is 2.50. The smallest absolute Gasteiger partial charge is 0.248 e. The number of carbonyl (C=O) groups excluding carboxylic acids is 2. The number of carbonyl (C=O) groups is 2. The van der Waals surface area contributed by atoms with Crippen LogP contribution < -0.4 is 10.6 Å². The lowest BCUT2D eigenvalue weighted by atomic mass is 10.1. The summed E-state index contributed by atoms with van der Waals surface area (Å²) in [5.41, 5.74) is 1.36. The van der Waals surface area contributed by atoms with Crippen molar-refractivity contribution in [2.45, 2.75) is 10.8 Å². The molecule has 2 aromatic carbocycles. The van der Waals surface area contributed by atoms with Crippen molar-refractivity contribution in [1.82, 2.24) is 4.98 Å². The standard InChI is InChI=1S/C21H17Cl2N3O2/c22-18(14-8-3-1-4-9-14)20(27)25-16-12-7-13-17(24-16)26-21(28)19(23)15-10-5-2-6-11-15/h1-13,18-19H,(H2,24,25,26,27,28)/t18-,19-/m1/s1. The summed E-state index contributed by atoms with van der Waals surface area (Å²) in [6, 6.07) is 22.9. The molecule has 28 heavy (non-hydrogen) atoms. The summed E-state index contributed by atoms with van der Waals surface area (Å²) in [5.74, 6) is -0.280. The van der Waals surface area contributed by atoms with Gasteiger partial charge < -0.3 is 10.6 Å². The molecule has 2 amide bonds. The van der Waals surface area contributed by atoms with Crippen LogP contribution in [-0.4, -0.2) is 16.8 Å². The number of aromatic nitrogens is 1. The highest BCUT2D eigenvalue weighted by atomic mass is 35.5. The second-order valence-electron chi connectivity index (χ2n) is 5.93. The minimum absolute atomic E-state index is 0.273. The van der Waals surface area contributed by atoms with Gasteiger partial charge in [0.1, 0.15) is 22.4 Å². The van der Waals surface area contributed by atoms with Crippen LogP contribution in [0.4, 0.5) is 11.6 Å². The SMILES string of the molecule is O=C(Nc1cccc(NC(=O)[C@H](Cl)c2ccccc2)n1)[C@H](Cl)c1ccccc1. The number of pyridine rings is 1. The first-order chi connectivity index (χ1) is 13.5. The molecule has 3 rings (SSSR count). The molecule has 0 aliphatic rings. The fraction of sp³-hybridized carbons (Fsp3) is 0.0952. The zero-order valence-corrected chi connectivity index (χ0v) is 16.2. The van der Waals surface area contributed by atoms with Crippen molar-refractivity contribution in [1.29, 1.82) is 0 Å². The van der Waals surface area contributed by atoms with Gasteiger partial charge in [0.05, 0.1) is 0 Å². The van der Waals surface area contributed by atoms with Crippen LogP contribution >= 0.6 is 23.2 Å². The van der Waals surface area contributed by atoms with Gasteiger partial charge in [0, 0.05) is 0 Å². The average Bonchev–Trinajstić information content (AvgIpc) is 2.74. The third-order valence-electron chi connectivity index (χ3n) is 3.90. The normalized spacial score (nSPS) is 12.6. The summed E-state index contributed by atoms with van der Waals surface area (Å²) in [6.45, 7) is 0. The van der Waals surface area contributed by atoms with Gasteiger partial charge in [-0.1, -0.05) is 66.7 Å². The number of hydrogen-bond acceptors (Lipinski definition) is 3. The highest BCUT2D eigenvalue weighted by Gasteiger charge is 2.20. The monoisotopic (exact) mass is 413 g/mol.